The van der Waals surface area contributed by atoms with Crippen LogP contribution in [0.15, 0.2) is 52.9 Å². The van der Waals surface area contributed by atoms with E-state index in [-0.39, 0.29) is 0 Å². The van der Waals surface area contributed by atoms with Crippen LogP contribution in [0.3, 0.4) is 0 Å². The van der Waals surface area contributed by atoms with E-state index in [2.05, 4.69) is 24.3 Å². The van der Waals surface area contributed by atoms with E-state index < -0.39 is 0 Å². The molecule has 2 aromatic carbocycles. The van der Waals surface area contributed by atoms with Crippen LogP contribution in [0.5, 0.6) is 5.75 Å². The summed E-state index contributed by atoms with van der Waals surface area (Å²) in [5, 5.41) is 1.12. The highest BCUT2D eigenvalue weighted by molar-refractivity contribution is 5.77. The molecule has 3 heteroatoms. The molecule has 0 amide bonds. The lowest BCUT2D eigenvalue weighted by Crippen LogP contribution is -2.17. The molecular weight excluding hydrogens is 298 g/mol. The number of rotatable bonds is 5. The summed E-state index contributed by atoms with van der Waals surface area (Å²) in [6.45, 7) is 1.25. The van der Waals surface area contributed by atoms with Crippen LogP contribution in [0, 0.1) is 5.92 Å². The standard InChI is InChI=1S/C21H23NO2/c22-10-9-15-5-6-17-12-19(8-7-16(17)11-15)23-14-20-13-18-3-1-2-4-21(18)24-20/h1-4,7-8,12-13,15H,5-6,9-11,14,22H2. The summed E-state index contributed by atoms with van der Waals surface area (Å²) < 4.78 is 11.8. The summed E-state index contributed by atoms with van der Waals surface area (Å²) in [5.41, 5.74) is 9.48. The van der Waals surface area contributed by atoms with Crippen molar-refractivity contribution in [2.45, 2.75) is 32.3 Å². The number of fused-ring (bicyclic) bond motifs is 2. The second-order valence-corrected chi connectivity index (χ2v) is 6.66. The third-order valence-electron chi connectivity index (χ3n) is 4.94. The number of aryl methyl sites for hydroxylation is 1. The Labute approximate surface area is 142 Å². The summed E-state index contributed by atoms with van der Waals surface area (Å²) in [4.78, 5) is 0. The Morgan fingerprint density at radius 2 is 2.00 bits per heavy atom. The molecule has 124 valence electrons. The van der Waals surface area contributed by atoms with Crippen LogP contribution in [0.4, 0.5) is 0 Å². The maximum Gasteiger partial charge on any atom is 0.146 e. The fourth-order valence-electron chi connectivity index (χ4n) is 3.64. The van der Waals surface area contributed by atoms with Crippen molar-refractivity contribution in [3.05, 3.63) is 65.4 Å². The fraction of sp³-hybridized carbons (Fsp3) is 0.333. The zero-order valence-corrected chi connectivity index (χ0v) is 13.8. The number of furan rings is 1. The SMILES string of the molecule is NCCC1CCc2cc(OCc3cc4ccccc4o3)ccc2C1. The van der Waals surface area contributed by atoms with Crippen LogP contribution < -0.4 is 10.5 Å². The molecule has 1 heterocycles. The number of nitrogens with two attached hydrogens (primary N) is 1. The molecule has 0 bridgehead atoms. The highest BCUT2D eigenvalue weighted by Gasteiger charge is 2.18. The lowest BCUT2D eigenvalue weighted by atomic mass is 9.82. The molecule has 1 atom stereocenters. The maximum absolute atomic E-state index is 5.95. The summed E-state index contributed by atoms with van der Waals surface area (Å²) in [7, 11) is 0. The van der Waals surface area contributed by atoms with E-state index in [1.807, 2.05) is 24.3 Å². The van der Waals surface area contributed by atoms with Crippen LogP contribution in [0.1, 0.15) is 29.7 Å². The molecular formula is C21H23NO2. The van der Waals surface area contributed by atoms with Gasteiger partial charge >= 0.3 is 0 Å². The van der Waals surface area contributed by atoms with Crippen molar-refractivity contribution in [1.82, 2.24) is 0 Å². The highest BCUT2D eigenvalue weighted by atomic mass is 16.5. The van der Waals surface area contributed by atoms with Gasteiger partial charge in [0.25, 0.3) is 0 Å². The molecule has 1 aromatic heterocycles. The van der Waals surface area contributed by atoms with Gasteiger partial charge in [0, 0.05) is 5.39 Å². The van der Waals surface area contributed by atoms with Gasteiger partial charge in [-0.1, -0.05) is 24.3 Å². The van der Waals surface area contributed by atoms with E-state index in [1.165, 1.54) is 17.5 Å². The summed E-state index contributed by atoms with van der Waals surface area (Å²) >= 11 is 0. The topological polar surface area (TPSA) is 48.4 Å². The van der Waals surface area contributed by atoms with E-state index in [0.29, 0.717) is 6.61 Å². The Hall–Kier alpha value is -2.26. The van der Waals surface area contributed by atoms with Gasteiger partial charge in [0.05, 0.1) is 0 Å². The second kappa shape index (κ2) is 6.70. The van der Waals surface area contributed by atoms with Crippen molar-refractivity contribution in [1.29, 1.82) is 0 Å². The molecule has 4 rings (SSSR count). The van der Waals surface area contributed by atoms with Gasteiger partial charge in [0.15, 0.2) is 0 Å². The quantitative estimate of drug-likeness (QED) is 0.754. The van der Waals surface area contributed by atoms with Crippen molar-refractivity contribution in [2.75, 3.05) is 6.54 Å². The molecule has 3 nitrogen and oxygen atoms in total. The number of ether oxygens (including phenoxy) is 1. The molecule has 0 saturated heterocycles. The third kappa shape index (κ3) is 3.17. The van der Waals surface area contributed by atoms with Gasteiger partial charge < -0.3 is 14.9 Å². The second-order valence-electron chi connectivity index (χ2n) is 6.66. The molecule has 1 unspecified atom stereocenters. The van der Waals surface area contributed by atoms with Crippen LogP contribution in [0.25, 0.3) is 11.0 Å². The van der Waals surface area contributed by atoms with Crippen LogP contribution in [0.2, 0.25) is 0 Å². The van der Waals surface area contributed by atoms with E-state index >= 15 is 0 Å². The number of hydrogen-bond acceptors (Lipinski definition) is 3. The first-order valence-corrected chi connectivity index (χ1v) is 8.74. The minimum atomic E-state index is 0.462. The fourth-order valence-corrected chi connectivity index (χ4v) is 3.64. The summed E-state index contributed by atoms with van der Waals surface area (Å²) in [6.07, 6.45) is 4.64. The largest absolute Gasteiger partial charge is 0.486 e. The van der Waals surface area contributed by atoms with Gasteiger partial charge in [0.2, 0.25) is 0 Å². The molecule has 0 radical (unpaired) electrons. The van der Waals surface area contributed by atoms with Crippen molar-refractivity contribution in [2.24, 2.45) is 11.7 Å². The van der Waals surface area contributed by atoms with Gasteiger partial charge in [-0.05, 0) is 73.5 Å². The number of hydrogen-bond donors (Lipinski definition) is 1. The van der Waals surface area contributed by atoms with Crippen LogP contribution in [-0.4, -0.2) is 6.54 Å². The van der Waals surface area contributed by atoms with E-state index in [9.17, 15) is 0 Å². The third-order valence-corrected chi connectivity index (χ3v) is 4.94. The Balaban J connectivity index is 1.44. The predicted molar refractivity (Wildman–Crippen MR) is 96.2 cm³/mol. The minimum absolute atomic E-state index is 0.462. The van der Waals surface area contributed by atoms with Gasteiger partial charge in [-0.3, -0.25) is 0 Å². The molecule has 0 fully saturated rings. The molecule has 0 saturated carbocycles. The van der Waals surface area contributed by atoms with Gasteiger partial charge in [-0.15, -0.1) is 0 Å². The lowest BCUT2D eigenvalue weighted by Gasteiger charge is -2.24. The van der Waals surface area contributed by atoms with E-state index in [4.69, 9.17) is 14.9 Å². The number of benzene rings is 2. The predicted octanol–water partition coefficient (Wildman–Crippen LogP) is 4.47. The Morgan fingerprint density at radius 1 is 1.08 bits per heavy atom. The Kier molecular flexibility index (Phi) is 4.26. The first kappa shape index (κ1) is 15.3. The normalized spacial score (nSPS) is 17.0. The Bertz CT molecular complexity index is 804. The van der Waals surface area contributed by atoms with Crippen molar-refractivity contribution >= 4 is 11.0 Å². The molecule has 2 N–H and O–H groups in total. The first-order valence-electron chi connectivity index (χ1n) is 8.74. The molecule has 1 aliphatic carbocycles. The average Bonchev–Trinajstić information content (AvgIpc) is 3.03. The van der Waals surface area contributed by atoms with E-state index in [0.717, 1.165) is 54.2 Å². The van der Waals surface area contributed by atoms with Gasteiger partial charge in [-0.25, -0.2) is 0 Å². The zero-order chi connectivity index (χ0) is 16.4. The average molecular weight is 321 g/mol. The molecule has 3 aromatic rings. The Morgan fingerprint density at radius 3 is 2.88 bits per heavy atom. The van der Waals surface area contributed by atoms with Gasteiger partial charge in [0.1, 0.15) is 23.7 Å². The highest BCUT2D eigenvalue weighted by Crippen LogP contribution is 2.30. The lowest BCUT2D eigenvalue weighted by molar-refractivity contribution is 0.274. The van der Waals surface area contributed by atoms with Crippen molar-refractivity contribution in [3.8, 4) is 5.75 Å². The van der Waals surface area contributed by atoms with Gasteiger partial charge in [-0.2, -0.15) is 0 Å². The maximum atomic E-state index is 5.95. The monoisotopic (exact) mass is 321 g/mol. The number of para-hydroxylation sites is 1. The smallest absolute Gasteiger partial charge is 0.146 e. The van der Waals surface area contributed by atoms with Crippen LogP contribution >= 0.6 is 0 Å². The minimum Gasteiger partial charge on any atom is -0.486 e. The van der Waals surface area contributed by atoms with E-state index in [1.54, 1.807) is 0 Å². The zero-order valence-electron chi connectivity index (χ0n) is 13.8. The summed E-state index contributed by atoms with van der Waals surface area (Å²) in [6, 6.07) is 16.6. The molecule has 24 heavy (non-hydrogen) atoms. The molecule has 0 spiro atoms. The molecule has 0 aliphatic heterocycles. The summed E-state index contributed by atoms with van der Waals surface area (Å²) in [5.74, 6) is 2.52. The van der Waals surface area contributed by atoms with Crippen molar-refractivity contribution in [3.63, 3.8) is 0 Å². The van der Waals surface area contributed by atoms with Crippen LogP contribution in [-0.2, 0) is 19.4 Å². The molecule has 1 aliphatic rings. The first-order chi connectivity index (χ1) is 11.8. The van der Waals surface area contributed by atoms with Crippen molar-refractivity contribution < 1.29 is 9.15 Å².